The summed E-state index contributed by atoms with van der Waals surface area (Å²) in [6, 6.07) is 8.25. The Morgan fingerprint density at radius 1 is 0.938 bits per heavy atom. The maximum atomic E-state index is 11.2. The molecule has 1 aliphatic rings. The third-order valence-corrected chi connectivity index (χ3v) is 4.89. The summed E-state index contributed by atoms with van der Waals surface area (Å²) in [7, 11) is 0. The van der Waals surface area contributed by atoms with Gasteiger partial charge in [0.15, 0.2) is 0 Å². The van der Waals surface area contributed by atoms with Gasteiger partial charge >= 0.3 is 59.1 Å². The Morgan fingerprint density at radius 2 is 1.47 bits per heavy atom. The Morgan fingerprint density at radius 3 is 1.94 bits per heavy atom. The number of hydrogen-bond donors (Lipinski definition) is 3. The number of carbonyl (C=O) groups excluding carboxylic acids is 2. The van der Waals surface area contributed by atoms with Gasteiger partial charge in [-0.05, 0) is 64.1 Å². The molecular formula is C23H22N2Na2O5. The molecule has 1 unspecified atom stereocenters. The second-order valence-electron chi connectivity index (χ2n) is 8.31. The van der Waals surface area contributed by atoms with Crippen molar-refractivity contribution in [3.8, 4) is 5.75 Å². The van der Waals surface area contributed by atoms with Crippen LogP contribution in [0, 0.1) is 5.41 Å². The van der Waals surface area contributed by atoms with Crippen LogP contribution in [0.1, 0.15) is 53.0 Å². The number of nitrogens with two attached hydrogens (primary N) is 1. The number of rotatable bonds is 5. The van der Waals surface area contributed by atoms with Crippen LogP contribution in [0.25, 0.3) is 0 Å². The van der Waals surface area contributed by atoms with Crippen LogP contribution in [-0.2, 0) is 0 Å². The number of aromatic carboxylic acids is 2. The predicted molar refractivity (Wildman–Crippen MR) is 109 cm³/mol. The molecule has 4 N–H and O–H groups in total. The summed E-state index contributed by atoms with van der Waals surface area (Å²) < 4.78 is 0. The Balaban J connectivity index is 0.00000256. The molecule has 1 aliphatic carbocycles. The number of carboxylic acid groups (broad SMARTS) is 2. The summed E-state index contributed by atoms with van der Waals surface area (Å²) in [6.45, 7) is 6.25. The SMILES string of the molecule is CC(C)(C)C1=CC(c2cc(O)cc(Nc3cc(C(=O)[O-])cc(C(=O)[O-])c3)c2)C(N)=C1.[Na+].[Na+]. The van der Waals surface area contributed by atoms with Crippen molar-refractivity contribution in [2.75, 3.05) is 5.32 Å². The summed E-state index contributed by atoms with van der Waals surface area (Å²) in [6.07, 6.45) is 3.97. The fourth-order valence-corrected chi connectivity index (χ4v) is 3.34. The molecule has 9 heteroatoms. The van der Waals surface area contributed by atoms with Gasteiger partial charge in [0.05, 0.1) is 11.9 Å². The van der Waals surface area contributed by atoms with Crippen molar-refractivity contribution in [3.63, 3.8) is 0 Å². The third kappa shape index (κ3) is 6.63. The van der Waals surface area contributed by atoms with Gasteiger partial charge < -0.3 is 36.0 Å². The average molecular weight is 452 g/mol. The molecule has 0 aromatic heterocycles. The molecule has 0 heterocycles. The molecule has 2 aromatic rings. The zero-order valence-electron chi connectivity index (χ0n) is 18.9. The number of benzene rings is 2. The van der Waals surface area contributed by atoms with Crippen LogP contribution in [0.2, 0.25) is 0 Å². The first-order valence-electron chi connectivity index (χ1n) is 9.32. The van der Waals surface area contributed by atoms with E-state index in [9.17, 15) is 24.9 Å². The van der Waals surface area contributed by atoms with Gasteiger partial charge in [-0.1, -0.05) is 26.8 Å². The molecule has 2 aromatic carbocycles. The van der Waals surface area contributed by atoms with Crippen LogP contribution < -0.4 is 80.4 Å². The fraction of sp³-hybridized carbons (Fsp3) is 0.217. The maximum Gasteiger partial charge on any atom is 1.00 e. The number of carboxylic acids is 2. The van der Waals surface area contributed by atoms with Crippen LogP contribution in [0.3, 0.4) is 0 Å². The van der Waals surface area contributed by atoms with E-state index in [1.54, 1.807) is 12.1 Å². The van der Waals surface area contributed by atoms with Crippen LogP contribution in [0.15, 0.2) is 59.8 Å². The first-order valence-corrected chi connectivity index (χ1v) is 9.32. The Bertz CT molecular complexity index is 1070. The number of allylic oxidation sites excluding steroid dienone is 3. The van der Waals surface area contributed by atoms with Crippen LogP contribution in [0.5, 0.6) is 5.75 Å². The minimum absolute atomic E-state index is 0. The van der Waals surface area contributed by atoms with Gasteiger partial charge in [-0.2, -0.15) is 0 Å². The molecule has 0 saturated heterocycles. The molecule has 7 nitrogen and oxygen atoms in total. The summed E-state index contributed by atoms with van der Waals surface area (Å²) in [5.74, 6) is -3.26. The Hall–Kier alpha value is -1.74. The van der Waals surface area contributed by atoms with Crippen LogP contribution in [-0.4, -0.2) is 17.0 Å². The van der Waals surface area contributed by atoms with Gasteiger partial charge in [-0.3, -0.25) is 0 Å². The summed E-state index contributed by atoms with van der Waals surface area (Å²) in [5, 5.41) is 35.5. The van der Waals surface area contributed by atoms with E-state index < -0.39 is 11.9 Å². The molecule has 0 saturated carbocycles. The number of carbonyl (C=O) groups is 2. The van der Waals surface area contributed by atoms with Crippen molar-refractivity contribution in [1.29, 1.82) is 0 Å². The topological polar surface area (TPSA) is 139 Å². The van der Waals surface area contributed by atoms with Crippen LogP contribution in [0.4, 0.5) is 11.4 Å². The van der Waals surface area contributed by atoms with Gasteiger partial charge in [0.1, 0.15) is 5.75 Å². The molecule has 156 valence electrons. The van der Waals surface area contributed by atoms with E-state index in [1.807, 2.05) is 12.2 Å². The average Bonchev–Trinajstić information content (AvgIpc) is 3.03. The first-order chi connectivity index (χ1) is 13.9. The third-order valence-electron chi connectivity index (χ3n) is 4.89. The monoisotopic (exact) mass is 452 g/mol. The first kappa shape index (κ1) is 28.3. The number of anilines is 2. The second-order valence-corrected chi connectivity index (χ2v) is 8.31. The molecule has 0 aliphatic heterocycles. The fourth-order valence-electron chi connectivity index (χ4n) is 3.34. The smallest absolute Gasteiger partial charge is 0.545 e. The number of phenols is 1. The van der Waals surface area contributed by atoms with E-state index in [2.05, 4.69) is 26.1 Å². The van der Waals surface area contributed by atoms with E-state index >= 15 is 0 Å². The van der Waals surface area contributed by atoms with Gasteiger partial charge in [-0.25, -0.2) is 0 Å². The summed E-state index contributed by atoms with van der Waals surface area (Å²) >= 11 is 0. The van der Waals surface area contributed by atoms with Gasteiger partial charge in [0.2, 0.25) is 0 Å². The zero-order valence-corrected chi connectivity index (χ0v) is 22.9. The summed E-state index contributed by atoms with van der Waals surface area (Å²) in [5.41, 5.74) is 8.64. The Labute approximate surface area is 231 Å². The van der Waals surface area contributed by atoms with E-state index in [0.717, 1.165) is 17.2 Å². The van der Waals surface area contributed by atoms with E-state index in [1.165, 1.54) is 18.2 Å². The number of nitrogens with one attached hydrogen (secondary N) is 1. The van der Waals surface area contributed by atoms with Gasteiger partial charge in [-0.15, -0.1) is 0 Å². The number of hydrogen-bond acceptors (Lipinski definition) is 7. The second kappa shape index (κ2) is 10.9. The molecule has 0 fully saturated rings. The van der Waals surface area contributed by atoms with Gasteiger partial charge in [0.25, 0.3) is 0 Å². The van der Waals surface area contributed by atoms with Crippen LogP contribution >= 0.6 is 0 Å². The van der Waals surface area contributed by atoms with E-state index in [0.29, 0.717) is 11.4 Å². The molecule has 3 rings (SSSR count). The standard InChI is InChI=1S/C23H24N2O5.2Na/c1-23(2,3)15-9-19(20(24)10-15)12-5-17(11-18(26)8-12)25-16-6-13(21(27)28)4-14(7-16)22(29)30;;/h4-11,19,25-26H,24H2,1-3H3,(H,27,28)(H,29,30);;/q;2*+1/p-2. The normalized spacial score (nSPS) is 15.0. The quantitative estimate of drug-likeness (QED) is 0.391. The largest absolute Gasteiger partial charge is 1.00 e. The number of aromatic hydroxyl groups is 1. The molecule has 32 heavy (non-hydrogen) atoms. The maximum absolute atomic E-state index is 11.2. The van der Waals surface area contributed by atoms with Crippen molar-refractivity contribution in [2.45, 2.75) is 26.7 Å². The Kier molecular flexibility index (Phi) is 9.65. The zero-order chi connectivity index (χ0) is 22.2. The molecule has 0 radical (unpaired) electrons. The van der Waals surface area contributed by atoms with Crippen molar-refractivity contribution < 1.29 is 84.0 Å². The van der Waals surface area contributed by atoms with Crippen molar-refractivity contribution in [2.24, 2.45) is 11.1 Å². The minimum Gasteiger partial charge on any atom is -0.545 e. The van der Waals surface area contributed by atoms with Crippen molar-refractivity contribution in [1.82, 2.24) is 0 Å². The molecular weight excluding hydrogens is 430 g/mol. The molecule has 0 amide bonds. The molecule has 0 spiro atoms. The molecule has 1 atom stereocenters. The minimum atomic E-state index is -1.51. The predicted octanol–water partition coefficient (Wildman–Crippen LogP) is -4.22. The number of phenolic OH excluding ortho intramolecular Hbond substituents is 1. The summed E-state index contributed by atoms with van der Waals surface area (Å²) in [4.78, 5) is 22.4. The van der Waals surface area contributed by atoms with E-state index in [-0.39, 0.29) is 93.0 Å². The molecule has 0 bridgehead atoms. The van der Waals surface area contributed by atoms with Gasteiger partial charge in [0, 0.05) is 29.1 Å². The van der Waals surface area contributed by atoms with E-state index in [4.69, 9.17) is 5.73 Å². The van der Waals surface area contributed by atoms with Crippen molar-refractivity contribution >= 4 is 23.3 Å². The van der Waals surface area contributed by atoms with Crippen molar-refractivity contribution in [3.05, 3.63) is 76.5 Å².